The van der Waals surface area contributed by atoms with E-state index in [0.717, 1.165) is 10.5 Å². The second-order valence-electron chi connectivity index (χ2n) is 5.37. The van der Waals surface area contributed by atoms with Gasteiger partial charge >= 0.3 is 0 Å². The van der Waals surface area contributed by atoms with E-state index in [1.807, 2.05) is 19.1 Å². The summed E-state index contributed by atoms with van der Waals surface area (Å²) in [4.78, 5) is 13.3. The number of amides is 1. The van der Waals surface area contributed by atoms with Crippen molar-refractivity contribution in [3.05, 3.63) is 59.1 Å². The highest BCUT2D eigenvalue weighted by Crippen LogP contribution is 2.21. The molecule has 128 valence electrons. The molecule has 0 aliphatic rings. The summed E-state index contributed by atoms with van der Waals surface area (Å²) < 4.78 is 22.9. The van der Waals surface area contributed by atoms with Crippen LogP contribution in [0.5, 0.6) is 0 Å². The fourth-order valence-electron chi connectivity index (χ4n) is 2.05. The molecule has 0 saturated carbocycles. The lowest BCUT2D eigenvalue weighted by Crippen LogP contribution is -2.28. The van der Waals surface area contributed by atoms with E-state index >= 15 is 0 Å². The minimum atomic E-state index is -3.21. The molecule has 0 bridgehead atoms. The average molecular weight is 384 g/mol. The molecule has 1 N–H and O–H groups in total. The number of thioether (sulfide) groups is 1. The first-order valence-corrected chi connectivity index (χ1v) is 10.5. The zero-order chi connectivity index (χ0) is 17.7. The van der Waals surface area contributed by atoms with Crippen LogP contribution in [0, 0.1) is 0 Å². The van der Waals surface area contributed by atoms with Crippen molar-refractivity contribution in [1.82, 2.24) is 5.32 Å². The third-order valence-electron chi connectivity index (χ3n) is 3.37. The van der Waals surface area contributed by atoms with Crippen LogP contribution in [0.1, 0.15) is 18.5 Å². The third-order valence-corrected chi connectivity index (χ3v) is 5.76. The molecule has 4 nitrogen and oxygen atoms in total. The topological polar surface area (TPSA) is 63.2 Å². The van der Waals surface area contributed by atoms with Gasteiger partial charge in [-0.3, -0.25) is 4.79 Å². The van der Waals surface area contributed by atoms with Crippen molar-refractivity contribution < 1.29 is 13.2 Å². The van der Waals surface area contributed by atoms with Crippen LogP contribution in [0.2, 0.25) is 5.02 Å². The molecule has 0 spiro atoms. The van der Waals surface area contributed by atoms with Gasteiger partial charge in [0.1, 0.15) is 0 Å². The van der Waals surface area contributed by atoms with E-state index < -0.39 is 9.84 Å². The highest BCUT2D eigenvalue weighted by molar-refractivity contribution is 8.00. The van der Waals surface area contributed by atoms with Crippen molar-refractivity contribution in [3.63, 3.8) is 0 Å². The summed E-state index contributed by atoms with van der Waals surface area (Å²) in [6.45, 7) is 1.86. The van der Waals surface area contributed by atoms with Crippen LogP contribution >= 0.6 is 23.4 Å². The molecule has 0 saturated heterocycles. The van der Waals surface area contributed by atoms with E-state index in [4.69, 9.17) is 11.6 Å². The van der Waals surface area contributed by atoms with Gasteiger partial charge in [0.05, 0.1) is 16.7 Å². The molecule has 0 fully saturated rings. The Morgan fingerprint density at radius 3 is 2.25 bits per heavy atom. The molecule has 7 heteroatoms. The first-order chi connectivity index (χ1) is 11.3. The summed E-state index contributed by atoms with van der Waals surface area (Å²) in [5.74, 6) is 0.211. The predicted octanol–water partition coefficient (Wildman–Crippen LogP) is 3.71. The minimum Gasteiger partial charge on any atom is -0.349 e. The summed E-state index contributed by atoms with van der Waals surface area (Å²) in [5.41, 5.74) is 0.854. The summed E-state index contributed by atoms with van der Waals surface area (Å²) in [6.07, 6.45) is 1.17. The van der Waals surface area contributed by atoms with Gasteiger partial charge in [0.15, 0.2) is 9.84 Å². The number of halogens is 1. The number of hydrogen-bond acceptors (Lipinski definition) is 4. The molecule has 0 heterocycles. The monoisotopic (exact) mass is 383 g/mol. The zero-order valence-electron chi connectivity index (χ0n) is 13.3. The molecule has 1 unspecified atom stereocenters. The molecule has 1 atom stereocenters. The largest absolute Gasteiger partial charge is 0.349 e. The lowest BCUT2D eigenvalue weighted by molar-refractivity contribution is -0.119. The summed E-state index contributed by atoms with van der Waals surface area (Å²) in [6, 6.07) is 13.6. The Morgan fingerprint density at radius 2 is 1.71 bits per heavy atom. The standard InChI is InChI=1S/C17H18ClNO3S2/c1-12(13-3-9-16(10-4-13)24(2,21)22)19-17(20)11-23-15-7-5-14(18)6-8-15/h3-10,12H,11H2,1-2H3,(H,19,20). The van der Waals surface area contributed by atoms with E-state index in [1.165, 1.54) is 18.0 Å². The van der Waals surface area contributed by atoms with Gasteiger partial charge in [-0.1, -0.05) is 23.7 Å². The van der Waals surface area contributed by atoms with Crippen LogP contribution in [-0.2, 0) is 14.6 Å². The molecular formula is C17H18ClNO3S2. The van der Waals surface area contributed by atoms with E-state index in [0.29, 0.717) is 10.8 Å². The predicted molar refractivity (Wildman–Crippen MR) is 98.3 cm³/mol. The zero-order valence-corrected chi connectivity index (χ0v) is 15.7. The van der Waals surface area contributed by atoms with Crippen LogP contribution < -0.4 is 5.32 Å². The Balaban J connectivity index is 1.90. The molecular weight excluding hydrogens is 366 g/mol. The lowest BCUT2D eigenvalue weighted by atomic mass is 10.1. The van der Waals surface area contributed by atoms with Crippen LogP contribution in [0.25, 0.3) is 0 Å². The van der Waals surface area contributed by atoms with Gasteiger partial charge in [-0.25, -0.2) is 8.42 Å². The summed E-state index contributed by atoms with van der Waals surface area (Å²) >= 11 is 7.25. The molecule has 2 aromatic carbocycles. The van der Waals surface area contributed by atoms with Crippen LogP contribution in [-0.4, -0.2) is 26.3 Å². The molecule has 2 aromatic rings. The lowest BCUT2D eigenvalue weighted by Gasteiger charge is -2.14. The Labute approximate surface area is 151 Å². The number of carbonyl (C=O) groups is 1. The Hall–Kier alpha value is -1.50. The minimum absolute atomic E-state index is 0.0883. The van der Waals surface area contributed by atoms with E-state index in [-0.39, 0.29) is 16.8 Å². The number of benzene rings is 2. The number of sulfone groups is 1. The second kappa shape index (κ2) is 8.05. The fourth-order valence-corrected chi connectivity index (χ4v) is 3.52. The summed E-state index contributed by atoms with van der Waals surface area (Å²) in [7, 11) is -3.21. The van der Waals surface area contributed by atoms with E-state index in [1.54, 1.807) is 36.4 Å². The second-order valence-corrected chi connectivity index (χ2v) is 8.87. The number of rotatable bonds is 6. The van der Waals surface area contributed by atoms with Crippen LogP contribution in [0.15, 0.2) is 58.3 Å². The fraction of sp³-hybridized carbons (Fsp3) is 0.235. The van der Waals surface area contributed by atoms with Gasteiger partial charge in [-0.15, -0.1) is 11.8 Å². The Kier molecular flexibility index (Phi) is 6.32. The summed E-state index contributed by atoms with van der Waals surface area (Å²) in [5, 5.41) is 3.56. The van der Waals surface area contributed by atoms with Gasteiger partial charge in [-0.2, -0.15) is 0 Å². The first kappa shape index (κ1) is 18.8. The highest BCUT2D eigenvalue weighted by atomic mass is 35.5. The molecule has 1 amide bonds. The quantitative estimate of drug-likeness (QED) is 0.772. The Morgan fingerprint density at radius 1 is 1.12 bits per heavy atom. The van der Waals surface area contributed by atoms with Crippen molar-refractivity contribution >= 4 is 39.1 Å². The van der Waals surface area contributed by atoms with Crippen molar-refractivity contribution in [2.45, 2.75) is 22.8 Å². The number of carbonyl (C=O) groups excluding carboxylic acids is 1. The smallest absolute Gasteiger partial charge is 0.230 e. The normalized spacial score (nSPS) is 12.6. The maximum atomic E-state index is 12.0. The average Bonchev–Trinajstić information content (AvgIpc) is 2.53. The van der Waals surface area contributed by atoms with E-state index in [2.05, 4.69) is 5.32 Å². The van der Waals surface area contributed by atoms with Crippen LogP contribution in [0.3, 0.4) is 0 Å². The van der Waals surface area contributed by atoms with Crippen molar-refractivity contribution in [2.24, 2.45) is 0 Å². The maximum Gasteiger partial charge on any atom is 0.230 e. The molecule has 0 aromatic heterocycles. The molecule has 0 aliphatic heterocycles. The molecule has 2 rings (SSSR count). The third kappa shape index (κ3) is 5.54. The van der Waals surface area contributed by atoms with Crippen LogP contribution in [0.4, 0.5) is 0 Å². The first-order valence-electron chi connectivity index (χ1n) is 7.23. The Bertz CT molecular complexity index is 803. The van der Waals surface area contributed by atoms with Crippen molar-refractivity contribution in [3.8, 4) is 0 Å². The number of hydrogen-bond donors (Lipinski definition) is 1. The van der Waals surface area contributed by atoms with Crippen molar-refractivity contribution in [2.75, 3.05) is 12.0 Å². The van der Waals surface area contributed by atoms with Gasteiger partial charge < -0.3 is 5.32 Å². The van der Waals surface area contributed by atoms with Gasteiger partial charge in [0.2, 0.25) is 5.91 Å². The number of nitrogens with one attached hydrogen (secondary N) is 1. The highest BCUT2D eigenvalue weighted by Gasteiger charge is 2.12. The van der Waals surface area contributed by atoms with Crippen molar-refractivity contribution in [1.29, 1.82) is 0 Å². The maximum absolute atomic E-state index is 12.0. The van der Waals surface area contributed by atoms with E-state index in [9.17, 15) is 13.2 Å². The molecule has 24 heavy (non-hydrogen) atoms. The SMILES string of the molecule is CC(NC(=O)CSc1ccc(Cl)cc1)c1ccc(S(C)(=O)=O)cc1. The molecule has 0 radical (unpaired) electrons. The van der Waals surface area contributed by atoms with Gasteiger partial charge in [0.25, 0.3) is 0 Å². The van der Waals surface area contributed by atoms with Gasteiger partial charge in [-0.05, 0) is 48.9 Å². The van der Waals surface area contributed by atoms with Gasteiger partial charge in [0, 0.05) is 16.2 Å². The molecule has 0 aliphatic carbocycles.